The molecule has 130 valence electrons. The van der Waals surface area contributed by atoms with Gasteiger partial charge in [-0.1, -0.05) is 6.92 Å². The lowest BCUT2D eigenvalue weighted by molar-refractivity contribution is -0.180. The van der Waals surface area contributed by atoms with Crippen molar-refractivity contribution in [1.29, 1.82) is 0 Å². The number of amides is 1. The molecule has 0 unspecified atom stereocenters. The molecule has 3 N–H and O–H groups in total. The van der Waals surface area contributed by atoms with Crippen LogP contribution in [0.3, 0.4) is 0 Å². The second-order valence-corrected chi connectivity index (χ2v) is 5.85. The number of aromatic nitrogens is 1. The average Bonchev–Trinajstić information content (AvgIpc) is 2.79. The average molecular weight is 349 g/mol. The second-order valence-electron chi connectivity index (χ2n) is 5.19. The largest absolute Gasteiger partial charge is 0.343 e. The van der Waals surface area contributed by atoms with E-state index in [1.165, 1.54) is 5.06 Å². The SMILES string of the molecule is CCCN(OCC)C(=O)C1=Cc2cnc(SN)cc2NC(=NC)C1. The summed E-state index contributed by atoms with van der Waals surface area (Å²) in [6, 6.07) is 1.85. The summed E-state index contributed by atoms with van der Waals surface area (Å²) in [6.07, 6.45) is 4.76. The van der Waals surface area contributed by atoms with E-state index in [0.29, 0.717) is 36.0 Å². The van der Waals surface area contributed by atoms with Gasteiger partial charge in [0.05, 0.1) is 12.3 Å². The fourth-order valence-electron chi connectivity index (χ4n) is 2.37. The van der Waals surface area contributed by atoms with Crippen molar-refractivity contribution < 1.29 is 9.63 Å². The zero-order chi connectivity index (χ0) is 17.5. The van der Waals surface area contributed by atoms with E-state index in [1.54, 1.807) is 13.2 Å². The molecule has 0 aromatic carbocycles. The monoisotopic (exact) mass is 349 g/mol. The van der Waals surface area contributed by atoms with Crippen molar-refractivity contribution in [3.63, 3.8) is 0 Å². The Morgan fingerprint density at radius 2 is 2.33 bits per heavy atom. The van der Waals surface area contributed by atoms with Gasteiger partial charge in [0.25, 0.3) is 5.91 Å². The Morgan fingerprint density at radius 3 is 2.96 bits per heavy atom. The summed E-state index contributed by atoms with van der Waals surface area (Å²) in [5, 5.41) is 10.9. The van der Waals surface area contributed by atoms with Gasteiger partial charge in [-0.3, -0.25) is 19.8 Å². The van der Waals surface area contributed by atoms with Crippen LogP contribution in [-0.2, 0) is 9.63 Å². The first-order valence-corrected chi connectivity index (χ1v) is 8.75. The third kappa shape index (κ3) is 4.34. The van der Waals surface area contributed by atoms with Crippen LogP contribution in [0.25, 0.3) is 6.08 Å². The van der Waals surface area contributed by atoms with Crippen molar-refractivity contribution in [2.45, 2.75) is 31.7 Å². The maximum Gasteiger partial charge on any atom is 0.273 e. The molecule has 24 heavy (non-hydrogen) atoms. The van der Waals surface area contributed by atoms with E-state index in [-0.39, 0.29) is 5.91 Å². The highest BCUT2D eigenvalue weighted by Gasteiger charge is 2.23. The van der Waals surface area contributed by atoms with Gasteiger partial charge in [0.1, 0.15) is 10.9 Å². The molecule has 7 nitrogen and oxygen atoms in total. The molecule has 0 saturated carbocycles. The highest BCUT2D eigenvalue weighted by molar-refractivity contribution is 7.97. The van der Waals surface area contributed by atoms with Gasteiger partial charge in [-0.15, -0.1) is 0 Å². The summed E-state index contributed by atoms with van der Waals surface area (Å²) in [7, 11) is 1.70. The van der Waals surface area contributed by atoms with Gasteiger partial charge in [-0.2, -0.15) is 0 Å². The molecule has 1 aromatic heterocycles. The van der Waals surface area contributed by atoms with Crippen LogP contribution in [0.4, 0.5) is 5.69 Å². The Hall–Kier alpha value is -1.90. The highest BCUT2D eigenvalue weighted by Crippen LogP contribution is 2.27. The molecular formula is C16H23N5O2S. The van der Waals surface area contributed by atoms with E-state index in [0.717, 1.165) is 29.6 Å². The van der Waals surface area contributed by atoms with Gasteiger partial charge in [-0.25, -0.2) is 10.0 Å². The summed E-state index contributed by atoms with van der Waals surface area (Å²) in [6.45, 7) is 4.86. The summed E-state index contributed by atoms with van der Waals surface area (Å²) < 4.78 is 0. The van der Waals surface area contributed by atoms with E-state index >= 15 is 0 Å². The van der Waals surface area contributed by atoms with Gasteiger partial charge >= 0.3 is 0 Å². The molecule has 0 saturated heterocycles. The van der Waals surface area contributed by atoms with E-state index in [4.69, 9.17) is 9.98 Å². The number of nitrogens with zero attached hydrogens (tertiary/aromatic N) is 3. The number of fused-ring (bicyclic) bond motifs is 1. The standard InChI is InChI=1S/C16H23N5O2S/c1-4-6-21(23-5-2)16(22)11-7-12-10-19-15(24-17)9-13(12)20-14(8-11)18-3/h7,9-10H,4-6,8,17H2,1-3H3,(H,18,20). The number of carbonyl (C=O) groups is 1. The Kier molecular flexibility index (Phi) is 6.77. The fourth-order valence-corrected chi connectivity index (χ4v) is 2.67. The number of hydrogen-bond acceptors (Lipinski definition) is 6. The number of carbonyl (C=O) groups excluding carboxylic acids is 1. The van der Waals surface area contributed by atoms with Gasteiger partial charge in [-0.05, 0) is 37.4 Å². The van der Waals surface area contributed by atoms with Crippen molar-refractivity contribution in [2.75, 3.05) is 25.5 Å². The summed E-state index contributed by atoms with van der Waals surface area (Å²) in [5.41, 5.74) is 2.27. The number of anilines is 1. The van der Waals surface area contributed by atoms with E-state index in [2.05, 4.69) is 15.3 Å². The molecule has 0 aliphatic carbocycles. The summed E-state index contributed by atoms with van der Waals surface area (Å²) in [5.74, 6) is 0.562. The quantitative estimate of drug-likeness (QED) is 0.605. The van der Waals surface area contributed by atoms with Gasteiger partial charge in [0.2, 0.25) is 0 Å². The van der Waals surface area contributed by atoms with Crippen LogP contribution < -0.4 is 10.5 Å². The summed E-state index contributed by atoms with van der Waals surface area (Å²) >= 11 is 1.08. The van der Waals surface area contributed by atoms with E-state index in [9.17, 15) is 4.79 Å². The lowest BCUT2D eigenvalue weighted by atomic mass is 10.1. The number of amidine groups is 1. The first kappa shape index (κ1) is 18.4. The van der Waals surface area contributed by atoms with E-state index < -0.39 is 0 Å². The Labute approximate surface area is 146 Å². The van der Waals surface area contributed by atoms with E-state index in [1.807, 2.05) is 26.0 Å². The molecule has 0 atom stereocenters. The van der Waals surface area contributed by atoms with Crippen LogP contribution >= 0.6 is 11.9 Å². The van der Waals surface area contributed by atoms with Crippen molar-refractivity contribution >= 4 is 35.5 Å². The van der Waals surface area contributed by atoms with Crippen LogP contribution in [0.15, 0.2) is 27.9 Å². The number of aliphatic imine (C=N–C) groups is 1. The Morgan fingerprint density at radius 1 is 1.54 bits per heavy atom. The number of pyridine rings is 1. The number of nitrogens with two attached hydrogens (primary N) is 1. The molecule has 1 amide bonds. The van der Waals surface area contributed by atoms with Crippen LogP contribution in [0.5, 0.6) is 0 Å². The topological polar surface area (TPSA) is 92.8 Å². The number of hydroxylamine groups is 2. The molecule has 2 rings (SSSR count). The van der Waals surface area contributed by atoms with Crippen molar-refractivity contribution in [3.05, 3.63) is 23.4 Å². The minimum absolute atomic E-state index is 0.147. The highest BCUT2D eigenvalue weighted by atomic mass is 32.2. The third-order valence-electron chi connectivity index (χ3n) is 3.48. The molecule has 0 spiro atoms. The third-order valence-corrected chi connectivity index (χ3v) is 3.94. The molecule has 1 aromatic rings. The van der Waals surface area contributed by atoms with Crippen LogP contribution in [0, 0.1) is 0 Å². The van der Waals surface area contributed by atoms with Gasteiger partial charge in [0.15, 0.2) is 0 Å². The number of rotatable bonds is 6. The van der Waals surface area contributed by atoms with Crippen molar-refractivity contribution in [3.8, 4) is 0 Å². The normalized spacial score (nSPS) is 15.3. The zero-order valence-corrected chi connectivity index (χ0v) is 15.0. The minimum Gasteiger partial charge on any atom is -0.343 e. The van der Waals surface area contributed by atoms with Crippen LogP contribution in [0.1, 0.15) is 32.3 Å². The smallest absolute Gasteiger partial charge is 0.273 e. The Bertz CT molecular complexity index is 654. The first-order valence-electron chi connectivity index (χ1n) is 7.87. The van der Waals surface area contributed by atoms with Crippen molar-refractivity contribution in [1.82, 2.24) is 10.0 Å². The maximum absolute atomic E-state index is 12.8. The molecule has 1 aliphatic rings. The molecule has 2 heterocycles. The lowest BCUT2D eigenvalue weighted by Gasteiger charge is -2.21. The number of hydrogen-bond donors (Lipinski definition) is 2. The molecular weight excluding hydrogens is 326 g/mol. The van der Waals surface area contributed by atoms with Gasteiger partial charge in [0, 0.05) is 37.3 Å². The fraction of sp³-hybridized carbons (Fsp3) is 0.438. The van der Waals surface area contributed by atoms with Crippen LogP contribution in [-0.4, -0.2) is 42.0 Å². The Balaban J connectivity index is 2.39. The molecule has 1 aliphatic heterocycles. The first-order chi connectivity index (χ1) is 11.6. The lowest BCUT2D eigenvalue weighted by Crippen LogP contribution is -2.33. The maximum atomic E-state index is 12.8. The van der Waals surface area contributed by atoms with Crippen molar-refractivity contribution in [2.24, 2.45) is 10.1 Å². The molecule has 8 heteroatoms. The second kappa shape index (κ2) is 8.81. The van der Waals surface area contributed by atoms with Gasteiger partial charge < -0.3 is 5.32 Å². The minimum atomic E-state index is -0.147. The predicted molar refractivity (Wildman–Crippen MR) is 97.5 cm³/mol. The molecule has 0 bridgehead atoms. The van der Waals surface area contributed by atoms with Crippen LogP contribution in [0.2, 0.25) is 0 Å². The predicted octanol–water partition coefficient (Wildman–Crippen LogP) is 2.46. The molecule has 0 radical (unpaired) electrons. The number of nitrogens with one attached hydrogen (secondary N) is 1. The molecule has 0 fully saturated rings. The summed E-state index contributed by atoms with van der Waals surface area (Å²) in [4.78, 5) is 26.8. The zero-order valence-electron chi connectivity index (χ0n) is 14.2.